The lowest BCUT2D eigenvalue weighted by molar-refractivity contribution is -0.154. The Balaban J connectivity index is 2.65. The SMILES string of the molecule is CCOC(=O)C(=O)NCC(O)c1ccc(OC)c(OC)c1. The Labute approximate surface area is 122 Å². The molecule has 1 aromatic carbocycles. The van der Waals surface area contributed by atoms with E-state index in [1.165, 1.54) is 14.2 Å². The van der Waals surface area contributed by atoms with E-state index in [4.69, 9.17) is 9.47 Å². The van der Waals surface area contributed by atoms with Gasteiger partial charge in [-0.1, -0.05) is 6.07 Å². The topological polar surface area (TPSA) is 94.1 Å². The van der Waals surface area contributed by atoms with Gasteiger partial charge in [0, 0.05) is 6.54 Å². The van der Waals surface area contributed by atoms with Gasteiger partial charge in [0.05, 0.1) is 26.9 Å². The van der Waals surface area contributed by atoms with Gasteiger partial charge >= 0.3 is 11.9 Å². The lowest BCUT2D eigenvalue weighted by atomic mass is 10.1. The van der Waals surface area contributed by atoms with E-state index in [0.717, 1.165) is 0 Å². The molecule has 0 heterocycles. The molecule has 0 aliphatic heterocycles. The molecule has 1 rings (SSSR count). The highest BCUT2D eigenvalue weighted by atomic mass is 16.5. The summed E-state index contributed by atoms with van der Waals surface area (Å²) in [6.07, 6.45) is -0.983. The highest BCUT2D eigenvalue weighted by molar-refractivity contribution is 6.32. The summed E-state index contributed by atoms with van der Waals surface area (Å²) in [6, 6.07) is 4.88. The number of aliphatic hydroxyl groups is 1. The molecule has 1 aromatic rings. The third-order valence-corrected chi connectivity index (χ3v) is 2.71. The third-order valence-electron chi connectivity index (χ3n) is 2.71. The maximum Gasteiger partial charge on any atom is 0.396 e. The van der Waals surface area contributed by atoms with Crippen LogP contribution in [-0.2, 0) is 14.3 Å². The molecule has 1 unspecified atom stereocenters. The lowest BCUT2D eigenvalue weighted by Gasteiger charge is -2.14. The second-order valence-electron chi connectivity index (χ2n) is 4.06. The van der Waals surface area contributed by atoms with E-state index in [9.17, 15) is 14.7 Å². The second kappa shape index (κ2) is 8.11. The lowest BCUT2D eigenvalue weighted by Crippen LogP contribution is -2.35. The number of benzene rings is 1. The van der Waals surface area contributed by atoms with Crippen LogP contribution in [-0.4, -0.2) is 44.4 Å². The van der Waals surface area contributed by atoms with Crippen molar-refractivity contribution in [1.29, 1.82) is 0 Å². The summed E-state index contributed by atoms with van der Waals surface area (Å²) in [5, 5.41) is 12.3. The van der Waals surface area contributed by atoms with E-state index in [-0.39, 0.29) is 13.2 Å². The van der Waals surface area contributed by atoms with Crippen LogP contribution in [0.4, 0.5) is 0 Å². The molecule has 0 radical (unpaired) electrons. The minimum Gasteiger partial charge on any atom is -0.493 e. The monoisotopic (exact) mass is 297 g/mol. The number of rotatable bonds is 6. The van der Waals surface area contributed by atoms with Gasteiger partial charge in [0.1, 0.15) is 0 Å². The summed E-state index contributed by atoms with van der Waals surface area (Å²) in [5.41, 5.74) is 0.525. The fourth-order valence-corrected chi connectivity index (χ4v) is 1.64. The van der Waals surface area contributed by atoms with Crippen LogP contribution in [0, 0.1) is 0 Å². The largest absolute Gasteiger partial charge is 0.493 e. The van der Waals surface area contributed by atoms with Crippen molar-refractivity contribution in [3.05, 3.63) is 23.8 Å². The first-order chi connectivity index (χ1) is 10.0. The molecule has 116 valence electrons. The molecular formula is C14H19NO6. The van der Waals surface area contributed by atoms with Gasteiger partial charge in [-0.05, 0) is 24.6 Å². The van der Waals surface area contributed by atoms with Crippen molar-refractivity contribution < 1.29 is 28.9 Å². The number of nitrogens with one attached hydrogen (secondary N) is 1. The number of amides is 1. The number of esters is 1. The van der Waals surface area contributed by atoms with Gasteiger partial charge in [0.25, 0.3) is 0 Å². The average Bonchev–Trinajstić information content (AvgIpc) is 2.51. The summed E-state index contributed by atoms with van der Waals surface area (Å²) < 4.78 is 14.8. The molecule has 21 heavy (non-hydrogen) atoms. The molecular weight excluding hydrogens is 278 g/mol. The molecule has 1 atom stereocenters. The van der Waals surface area contributed by atoms with Crippen molar-refractivity contribution in [2.24, 2.45) is 0 Å². The van der Waals surface area contributed by atoms with Crippen molar-refractivity contribution in [2.45, 2.75) is 13.0 Å². The summed E-state index contributed by atoms with van der Waals surface area (Å²) >= 11 is 0. The minimum absolute atomic E-state index is 0.116. The van der Waals surface area contributed by atoms with E-state index < -0.39 is 18.0 Å². The standard InChI is InChI=1S/C14H19NO6/c1-4-21-14(18)13(17)15-8-10(16)9-5-6-11(19-2)12(7-9)20-3/h5-7,10,16H,4,8H2,1-3H3,(H,15,17). The molecule has 0 saturated carbocycles. The van der Waals surface area contributed by atoms with Gasteiger partial charge in [0.2, 0.25) is 0 Å². The van der Waals surface area contributed by atoms with Crippen LogP contribution in [0.2, 0.25) is 0 Å². The molecule has 0 aliphatic carbocycles. The van der Waals surface area contributed by atoms with E-state index in [1.807, 2.05) is 0 Å². The summed E-state index contributed by atoms with van der Waals surface area (Å²) in [6.45, 7) is 1.60. The predicted molar refractivity (Wildman–Crippen MR) is 74.1 cm³/mol. The van der Waals surface area contributed by atoms with Crippen LogP contribution in [0.5, 0.6) is 11.5 Å². The zero-order valence-electron chi connectivity index (χ0n) is 12.2. The maximum atomic E-state index is 11.4. The van der Waals surface area contributed by atoms with Crippen molar-refractivity contribution in [1.82, 2.24) is 5.32 Å². The molecule has 7 heteroatoms. The summed E-state index contributed by atoms with van der Waals surface area (Å²) in [5.74, 6) is -0.872. The second-order valence-corrected chi connectivity index (χ2v) is 4.06. The van der Waals surface area contributed by atoms with Gasteiger partial charge in [-0.3, -0.25) is 4.79 Å². The minimum atomic E-state index is -0.983. The van der Waals surface area contributed by atoms with Gasteiger partial charge in [-0.25, -0.2) is 4.79 Å². The molecule has 0 bridgehead atoms. The fourth-order valence-electron chi connectivity index (χ4n) is 1.64. The van der Waals surface area contributed by atoms with E-state index in [1.54, 1.807) is 25.1 Å². The van der Waals surface area contributed by atoms with Gasteiger partial charge in [0.15, 0.2) is 11.5 Å². The fraction of sp³-hybridized carbons (Fsp3) is 0.429. The number of hydrogen-bond donors (Lipinski definition) is 2. The quantitative estimate of drug-likeness (QED) is 0.583. The number of hydrogen-bond acceptors (Lipinski definition) is 6. The van der Waals surface area contributed by atoms with Crippen molar-refractivity contribution in [3.63, 3.8) is 0 Å². The van der Waals surface area contributed by atoms with Crippen LogP contribution >= 0.6 is 0 Å². The first-order valence-electron chi connectivity index (χ1n) is 6.38. The Hall–Kier alpha value is -2.28. The van der Waals surface area contributed by atoms with Gasteiger partial charge < -0.3 is 24.6 Å². The predicted octanol–water partition coefficient (Wildman–Crippen LogP) is 0.416. The number of carbonyl (C=O) groups is 2. The van der Waals surface area contributed by atoms with Crippen LogP contribution in [0.15, 0.2) is 18.2 Å². The van der Waals surface area contributed by atoms with Crippen molar-refractivity contribution in [3.8, 4) is 11.5 Å². The summed E-state index contributed by atoms with van der Waals surface area (Å²) in [4.78, 5) is 22.5. The molecule has 0 fully saturated rings. The molecule has 0 aromatic heterocycles. The Morgan fingerprint density at radius 2 is 1.90 bits per heavy atom. The van der Waals surface area contributed by atoms with Crippen LogP contribution < -0.4 is 14.8 Å². The Bertz CT molecular complexity index is 502. The van der Waals surface area contributed by atoms with E-state index >= 15 is 0 Å². The normalized spacial score (nSPS) is 11.4. The molecule has 7 nitrogen and oxygen atoms in total. The van der Waals surface area contributed by atoms with Gasteiger partial charge in [-0.2, -0.15) is 0 Å². The smallest absolute Gasteiger partial charge is 0.396 e. The Kier molecular flexibility index (Phi) is 6.48. The maximum absolute atomic E-state index is 11.4. The average molecular weight is 297 g/mol. The molecule has 0 spiro atoms. The molecule has 0 saturated heterocycles. The van der Waals surface area contributed by atoms with Crippen LogP contribution in [0.25, 0.3) is 0 Å². The first kappa shape index (κ1) is 16.8. The van der Waals surface area contributed by atoms with Crippen LogP contribution in [0.3, 0.4) is 0 Å². The van der Waals surface area contributed by atoms with Crippen molar-refractivity contribution >= 4 is 11.9 Å². The number of aliphatic hydroxyl groups excluding tert-OH is 1. The zero-order chi connectivity index (χ0) is 15.8. The third kappa shape index (κ3) is 4.64. The molecule has 2 N–H and O–H groups in total. The van der Waals surface area contributed by atoms with E-state index in [0.29, 0.717) is 17.1 Å². The Morgan fingerprint density at radius 1 is 1.24 bits per heavy atom. The molecule has 1 amide bonds. The number of ether oxygens (including phenoxy) is 3. The highest BCUT2D eigenvalue weighted by Gasteiger charge is 2.17. The zero-order valence-corrected chi connectivity index (χ0v) is 12.2. The Morgan fingerprint density at radius 3 is 2.48 bits per heavy atom. The van der Waals surface area contributed by atoms with Crippen LogP contribution in [0.1, 0.15) is 18.6 Å². The van der Waals surface area contributed by atoms with E-state index in [2.05, 4.69) is 10.1 Å². The first-order valence-corrected chi connectivity index (χ1v) is 6.38. The highest BCUT2D eigenvalue weighted by Crippen LogP contribution is 2.29. The molecule has 0 aliphatic rings. The van der Waals surface area contributed by atoms with Gasteiger partial charge in [-0.15, -0.1) is 0 Å². The number of methoxy groups -OCH3 is 2. The van der Waals surface area contributed by atoms with Crippen molar-refractivity contribution in [2.75, 3.05) is 27.4 Å². The summed E-state index contributed by atoms with van der Waals surface area (Å²) in [7, 11) is 2.99. The number of carbonyl (C=O) groups excluding carboxylic acids is 2.